The normalized spacial score (nSPS) is 11.6. The van der Waals surface area contributed by atoms with Crippen molar-refractivity contribution in [3.63, 3.8) is 0 Å². The van der Waals surface area contributed by atoms with Gasteiger partial charge in [-0.1, -0.05) is 98.8 Å². The van der Waals surface area contributed by atoms with Crippen LogP contribution in [0.1, 0.15) is 35.3 Å². The van der Waals surface area contributed by atoms with E-state index in [1.54, 1.807) is 36.4 Å². The average molecular weight is 410 g/mol. The van der Waals surface area contributed by atoms with Crippen molar-refractivity contribution in [1.29, 1.82) is 0 Å². The zero-order valence-electron chi connectivity index (χ0n) is 17.9. The van der Waals surface area contributed by atoms with Crippen molar-refractivity contribution in [2.75, 3.05) is 5.32 Å². The zero-order chi connectivity index (χ0) is 22.1. The van der Waals surface area contributed by atoms with Crippen LogP contribution in [0.2, 0.25) is 0 Å². The third-order valence-electron chi connectivity index (χ3n) is 4.73. The molecule has 1 amide bonds. The van der Waals surface area contributed by atoms with Crippen LogP contribution in [0.5, 0.6) is 0 Å². The van der Waals surface area contributed by atoms with E-state index in [-0.39, 0.29) is 11.4 Å². The largest absolute Gasteiger partial charge is 0.322 e. The van der Waals surface area contributed by atoms with Crippen molar-refractivity contribution in [3.8, 4) is 0 Å². The molecule has 0 saturated carbocycles. The number of carbonyl (C=O) groups is 2. The minimum atomic E-state index is -0.430. The molecule has 0 aliphatic carbocycles. The lowest BCUT2D eigenvalue weighted by Crippen LogP contribution is -2.20. The summed E-state index contributed by atoms with van der Waals surface area (Å²) in [4.78, 5) is 26.1. The van der Waals surface area contributed by atoms with Gasteiger partial charge in [0.2, 0.25) is 0 Å². The fraction of sp³-hybridized carbons (Fsp3) is 0.143. The third-order valence-corrected chi connectivity index (χ3v) is 4.73. The van der Waals surface area contributed by atoms with Crippen LogP contribution >= 0.6 is 0 Å². The average Bonchev–Trinajstić information content (AvgIpc) is 2.78. The summed E-state index contributed by atoms with van der Waals surface area (Å²) < 4.78 is 0. The Labute approximate surface area is 184 Å². The lowest BCUT2D eigenvalue weighted by atomic mass is 9.97. The molecule has 0 aromatic heterocycles. The Balaban J connectivity index is 1.86. The van der Waals surface area contributed by atoms with Gasteiger partial charge >= 0.3 is 0 Å². The van der Waals surface area contributed by atoms with Gasteiger partial charge in [-0.05, 0) is 41.7 Å². The molecule has 0 aliphatic rings. The van der Waals surface area contributed by atoms with Crippen LogP contribution in [0.3, 0.4) is 0 Å². The number of anilines is 1. The molecule has 0 aliphatic heterocycles. The minimum Gasteiger partial charge on any atom is -0.322 e. The second kappa shape index (κ2) is 10.9. The summed E-state index contributed by atoms with van der Waals surface area (Å²) in [5.74, 6) is -0.195. The summed E-state index contributed by atoms with van der Waals surface area (Å²) in [6.07, 6.45) is 6.14. The van der Waals surface area contributed by atoms with Crippen molar-refractivity contribution in [2.45, 2.75) is 20.3 Å². The molecule has 3 aromatic carbocycles. The molecule has 0 unspecified atom stereocenters. The second-order valence-corrected chi connectivity index (χ2v) is 7.79. The van der Waals surface area contributed by atoms with Crippen LogP contribution in [-0.4, -0.2) is 11.7 Å². The Bertz CT molecular complexity index is 1060. The van der Waals surface area contributed by atoms with Gasteiger partial charge in [0, 0.05) is 11.3 Å². The predicted octanol–water partition coefficient (Wildman–Crippen LogP) is 6.35. The number of rotatable bonds is 8. The van der Waals surface area contributed by atoms with Gasteiger partial charge in [0.1, 0.15) is 0 Å². The SMILES string of the molecule is CC(C)Cc1ccc(C(=O)C(=CC=Cc2ccccc2)C(=O)Nc2ccccc2)cc1. The van der Waals surface area contributed by atoms with Crippen molar-refractivity contribution in [2.24, 2.45) is 5.92 Å². The van der Waals surface area contributed by atoms with E-state index >= 15 is 0 Å². The summed E-state index contributed by atoms with van der Waals surface area (Å²) in [7, 11) is 0. The van der Waals surface area contributed by atoms with Gasteiger partial charge in [0.15, 0.2) is 5.78 Å². The standard InChI is InChI=1S/C28H27NO2/c1-21(2)20-23-16-18-24(19-17-23)27(30)26(15-9-12-22-10-5-3-6-11-22)28(31)29-25-13-7-4-8-14-25/h3-19,21H,20H2,1-2H3,(H,29,31). The lowest BCUT2D eigenvalue weighted by Gasteiger charge is -2.09. The molecule has 31 heavy (non-hydrogen) atoms. The number of Topliss-reactive ketones (excluding diaryl/α,β-unsaturated/α-hetero) is 1. The van der Waals surface area contributed by atoms with E-state index in [0.717, 1.165) is 12.0 Å². The van der Waals surface area contributed by atoms with Crippen LogP contribution in [0.4, 0.5) is 5.69 Å². The molecule has 3 aromatic rings. The van der Waals surface area contributed by atoms with E-state index in [2.05, 4.69) is 19.2 Å². The number of benzene rings is 3. The first kappa shape index (κ1) is 22.0. The first-order valence-corrected chi connectivity index (χ1v) is 10.5. The molecule has 0 spiro atoms. The van der Waals surface area contributed by atoms with Gasteiger partial charge in [-0.15, -0.1) is 0 Å². The quantitative estimate of drug-likeness (QED) is 0.155. The number of nitrogens with one attached hydrogen (secondary N) is 1. The van der Waals surface area contributed by atoms with Gasteiger partial charge < -0.3 is 5.32 Å². The van der Waals surface area contributed by atoms with Gasteiger partial charge in [0.05, 0.1) is 5.57 Å². The fourth-order valence-corrected chi connectivity index (χ4v) is 3.21. The Kier molecular flexibility index (Phi) is 7.72. The first-order chi connectivity index (χ1) is 15.0. The predicted molar refractivity (Wildman–Crippen MR) is 128 cm³/mol. The van der Waals surface area contributed by atoms with E-state index < -0.39 is 5.91 Å². The van der Waals surface area contributed by atoms with Gasteiger partial charge in [-0.25, -0.2) is 0 Å². The van der Waals surface area contributed by atoms with Crippen LogP contribution in [0, 0.1) is 5.92 Å². The van der Waals surface area contributed by atoms with E-state index in [1.807, 2.05) is 66.7 Å². The van der Waals surface area contributed by atoms with Crippen molar-refractivity contribution >= 4 is 23.5 Å². The van der Waals surface area contributed by atoms with Crippen molar-refractivity contribution < 1.29 is 9.59 Å². The minimum absolute atomic E-state index is 0.0904. The van der Waals surface area contributed by atoms with Gasteiger partial charge in [-0.3, -0.25) is 9.59 Å². The molecule has 156 valence electrons. The van der Waals surface area contributed by atoms with E-state index in [9.17, 15) is 9.59 Å². The fourth-order valence-electron chi connectivity index (χ4n) is 3.21. The maximum atomic E-state index is 13.2. The number of carbonyl (C=O) groups excluding carboxylic acids is 2. The molecule has 0 radical (unpaired) electrons. The van der Waals surface area contributed by atoms with Crippen LogP contribution in [0.15, 0.2) is 103 Å². The Morgan fingerprint density at radius 2 is 1.45 bits per heavy atom. The van der Waals surface area contributed by atoms with E-state index in [4.69, 9.17) is 0 Å². The molecule has 0 heterocycles. The molecule has 3 rings (SSSR count). The van der Waals surface area contributed by atoms with Crippen LogP contribution in [-0.2, 0) is 11.2 Å². The van der Waals surface area contributed by atoms with Gasteiger partial charge in [-0.2, -0.15) is 0 Å². The molecule has 0 atom stereocenters. The van der Waals surface area contributed by atoms with E-state index in [0.29, 0.717) is 17.2 Å². The monoisotopic (exact) mass is 409 g/mol. The number of hydrogen-bond acceptors (Lipinski definition) is 2. The third kappa shape index (κ3) is 6.65. The number of ketones is 1. The summed E-state index contributed by atoms with van der Waals surface area (Å²) in [6, 6.07) is 26.4. The van der Waals surface area contributed by atoms with Crippen LogP contribution in [0.25, 0.3) is 6.08 Å². The van der Waals surface area contributed by atoms with E-state index in [1.165, 1.54) is 5.56 Å². The Morgan fingerprint density at radius 3 is 2.06 bits per heavy atom. The first-order valence-electron chi connectivity index (χ1n) is 10.5. The number of para-hydroxylation sites is 1. The molecule has 0 saturated heterocycles. The highest BCUT2D eigenvalue weighted by Crippen LogP contribution is 2.16. The van der Waals surface area contributed by atoms with Gasteiger partial charge in [0.25, 0.3) is 5.91 Å². The number of amides is 1. The summed E-state index contributed by atoms with van der Waals surface area (Å²) in [5.41, 5.74) is 3.40. The Hall–Kier alpha value is -3.72. The smallest absolute Gasteiger partial charge is 0.259 e. The highest BCUT2D eigenvalue weighted by molar-refractivity contribution is 6.28. The lowest BCUT2D eigenvalue weighted by molar-refractivity contribution is -0.112. The molecule has 0 fully saturated rings. The molecule has 0 bridgehead atoms. The molecular formula is C28H27NO2. The molecule has 3 heteroatoms. The molecule has 1 N–H and O–H groups in total. The second-order valence-electron chi connectivity index (χ2n) is 7.79. The number of hydrogen-bond donors (Lipinski definition) is 1. The summed E-state index contributed by atoms with van der Waals surface area (Å²) in [5, 5.41) is 2.82. The summed E-state index contributed by atoms with van der Waals surface area (Å²) >= 11 is 0. The maximum Gasteiger partial charge on any atom is 0.259 e. The molecule has 3 nitrogen and oxygen atoms in total. The molecular weight excluding hydrogens is 382 g/mol. The highest BCUT2D eigenvalue weighted by Gasteiger charge is 2.19. The van der Waals surface area contributed by atoms with Crippen molar-refractivity contribution in [3.05, 3.63) is 119 Å². The topological polar surface area (TPSA) is 46.2 Å². The highest BCUT2D eigenvalue weighted by atomic mass is 16.2. The number of allylic oxidation sites excluding steroid dienone is 2. The summed E-state index contributed by atoms with van der Waals surface area (Å²) in [6.45, 7) is 4.32. The maximum absolute atomic E-state index is 13.2. The Morgan fingerprint density at radius 1 is 0.839 bits per heavy atom. The van der Waals surface area contributed by atoms with Crippen LogP contribution < -0.4 is 5.32 Å². The van der Waals surface area contributed by atoms with Crippen molar-refractivity contribution in [1.82, 2.24) is 0 Å². The zero-order valence-corrected chi connectivity index (χ0v) is 17.9.